The van der Waals surface area contributed by atoms with Crippen molar-refractivity contribution in [2.24, 2.45) is 11.6 Å². The molecule has 166 valence electrons. The van der Waals surface area contributed by atoms with Gasteiger partial charge in [-0.1, -0.05) is 36.8 Å². The second-order valence-corrected chi connectivity index (χ2v) is 7.65. The number of hydrogen-bond acceptors (Lipinski definition) is 6. The molecule has 1 aliphatic heterocycles. The Morgan fingerprint density at radius 1 is 1.10 bits per heavy atom. The maximum absolute atomic E-state index is 13.2. The first-order valence-electron chi connectivity index (χ1n) is 10.4. The molecule has 6 N–H and O–H groups in total. The highest BCUT2D eigenvalue weighted by Gasteiger charge is 2.40. The van der Waals surface area contributed by atoms with Crippen molar-refractivity contribution < 1.29 is 24.6 Å². The summed E-state index contributed by atoms with van der Waals surface area (Å²) in [6.45, 7) is 0.780. The van der Waals surface area contributed by atoms with Gasteiger partial charge in [0.1, 0.15) is 18.1 Å². The molecule has 0 bridgehead atoms. The molecule has 30 heavy (non-hydrogen) atoms. The molecule has 3 atom stereocenters. The summed E-state index contributed by atoms with van der Waals surface area (Å²) >= 11 is 0. The number of nitrogens with zero attached hydrogens (tertiary/aromatic N) is 2. The van der Waals surface area contributed by atoms with Crippen LogP contribution in [0.15, 0.2) is 30.3 Å². The molecule has 1 amide bonds. The lowest BCUT2D eigenvalue weighted by Gasteiger charge is -2.35. The summed E-state index contributed by atoms with van der Waals surface area (Å²) < 4.78 is 0. The molecule has 1 aromatic carbocycles. The molecular formula is C21H32N4O5. The number of carbonyl (C=O) groups is 3. The summed E-state index contributed by atoms with van der Waals surface area (Å²) in [4.78, 5) is 38.0. The maximum Gasteiger partial charge on any atom is 0.326 e. The third kappa shape index (κ3) is 6.25. The number of hydrogen-bond donors (Lipinski definition) is 4. The fourth-order valence-electron chi connectivity index (χ4n) is 3.93. The molecule has 0 aromatic heterocycles. The highest BCUT2D eigenvalue weighted by Crippen LogP contribution is 2.23. The third-order valence-corrected chi connectivity index (χ3v) is 5.59. The van der Waals surface area contributed by atoms with Crippen molar-refractivity contribution in [3.05, 3.63) is 35.9 Å². The molecule has 2 rings (SSSR count). The Morgan fingerprint density at radius 2 is 1.80 bits per heavy atom. The second kappa shape index (κ2) is 11.6. The van der Waals surface area contributed by atoms with Crippen LogP contribution >= 0.6 is 0 Å². The van der Waals surface area contributed by atoms with Crippen LogP contribution in [0.2, 0.25) is 0 Å². The van der Waals surface area contributed by atoms with Crippen molar-refractivity contribution in [1.82, 2.24) is 9.91 Å². The van der Waals surface area contributed by atoms with E-state index in [0.29, 0.717) is 51.6 Å². The number of nitrogens with two attached hydrogens (primary N) is 2. The van der Waals surface area contributed by atoms with Gasteiger partial charge in [0.25, 0.3) is 0 Å². The number of amides is 1. The van der Waals surface area contributed by atoms with Gasteiger partial charge in [-0.2, -0.15) is 0 Å². The van der Waals surface area contributed by atoms with Crippen molar-refractivity contribution in [2.45, 2.75) is 63.1 Å². The highest BCUT2D eigenvalue weighted by atomic mass is 16.4. The Balaban J connectivity index is 2.18. The number of benzene rings is 1. The average molecular weight is 421 g/mol. The molecule has 1 fully saturated rings. The van der Waals surface area contributed by atoms with Gasteiger partial charge in [-0.25, -0.2) is 9.80 Å². The van der Waals surface area contributed by atoms with Crippen molar-refractivity contribution in [2.75, 3.05) is 13.1 Å². The lowest BCUT2D eigenvalue weighted by Crippen LogP contribution is -2.59. The van der Waals surface area contributed by atoms with Crippen LogP contribution in [0.5, 0.6) is 0 Å². The van der Waals surface area contributed by atoms with E-state index >= 15 is 0 Å². The molecule has 9 heteroatoms. The van der Waals surface area contributed by atoms with E-state index in [1.165, 1.54) is 4.90 Å². The Labute approximate surface area is 176 Å². The summed E-state index contributed by atoms with van der Waals surface area (Å²) in [6, 6.07) is 6.59. The molecular weight excluding hydrogens is 388 g/mol. The second-order valence-electron chi connectivity index (χ2n) is 7.65. The van der Waals surface area contributed by atoms with E-state index in [0.717, 1.165) is 10.6 Å². The minimum Gasteiger partial charge on any atom is -0.480 e. The number of carboxylic acid groups (broad SMARTS) is 2. The average Bonchev–Trinajstić information content (AvgIpc) is 3.21. The van der Waals surface area contributed by atoms with Gasteiger partial charge in [-0.3, -0.25) is 15.4 Å². The van der Waals surface area contributed by atoms with Crippen molar-refractivity contribution in [3.63, 3.8) is 0 Å². The maximum atomic E-state index is 13.2. The standard InChI is InChI=1S/C21H32N4O5/c22-13-5-4-9-16(19(26)24-14-6-10-17(24)20(27)28)25(23)18(21(29)30)12-11-15-7-2-1-3-8-15/h1-3,7-8,16-18H,4-6,9-14,22-23H2,(H,27,28)(H,29,30). The largest absolute Gasteiger partial charge is 0.480 e. The molecule has 1 heterocycles. The van der Waals surface area contributed by atoms with Gasteiger partial charge in [0.05, 0.1) is 0 Å². The summed E-state index contributed by atoms with van der Waals surface area (Å²) in [5, 5.41) is 20.3. The molecule has 1 saturated heterocycles. The monoisotopic (exact) mass is 420 g/mol. The number of carbonyl (C=O) groups excluding carboxylic acids is 1. The molecule has 3 unspecified atom stereocenters. The Hall–Kier alpha value is -2.49. The Kier molecular flexibility index (Phi) is 9.22. The van der Waals surface area contributed by atoms with Crippen LogP contribution in [0.4, 0.5) is 0 Å². The minimum absolute atomic E-state index is 0.235. The van der Waals surface area contributed by atoms with E-state index in [-0.39, 0.29) is 6.42 Å². The number of likely N-dealkylation sites (tertiary alicyclic amines) is 1. The molecule has 1 aromatic rings. The van der Waals surface area contributed by atoms with Crippen molar-refractivity contribution in [3.8, 4) is 0 Å². The zero-order valence-corrected chi connectivity index (χ0v) is 17.2. The van der Waals surface area contributed by atoms with Crippen molar-refractivity contribution >= 4 is 17.8 Å². The molecule has 0 radical (unpaired) electrons. The van der Waals surface area contributed by atoms with E-state index in [2.05, 4.69) is 0 Å². The molecule has 0 spiro atoms. The van der Waals surface area contributed by atoms with Gasteiger partial charge in [0, 0.05) is 6.54 Å². The summed E-state index contributed by atoms with van der Waals surface area (Å²) in [7, 11) is 0. The number of carboxylic acids is 2. The number of hydrazine groups is 1. The van der Waals surface area contributed by atoms with Crippen LogP contribution in [0.25, 0.3) is 0 Å². The molecule has 9 nitrogen and oxygen atoms in total. The van der Waals surface area contributed by atoms with Crippen LogP contribution in [0.1, 0.15) is 44.1 Å². The lowest BCUT2D eigenvalue weighted by atomic mass is 10.0. The van der Waals surface area contributed by atoms with Gasteiger partial charge in [-0.05, 0) is 50.6 Å². The predicted molar refractivity (Wildman–Crippen MR) is 111 cm³/mol. The first-order chi connectivity index (χ1) is 14.4. The van der Waals surface area contributed by atoms with Crippen LogP contribution in [0, 0.1) is 0 Å². The first-order valence-corrected chi connectivity index (χ1v) is 10.4. The van der Waals surface area contributed by atoms with E-state index < -0.39 is 36.0 Å². The number of unbranched alkanes of at least 4 members (excludes halogenated alkanes) is 1. The fourth-order valence-corrected chi connectivity index (χ4v) is 3.93. The van der Waals surface area contributed by atoms with Gasteiger partial charge in [0.15, 0.2) is 0 Å². The lowest BCUT2D eigenvalue weighted by molar-refractivity contribution is -0.154. The zero-order valence-electron chi connectivity index (χ0n) is 17.2. The quantitative estimate of drug-likeness (QED) is 0.220. The summed E-state index contributed by atoms with van der Waals surface area (Å²) in [5.41, 5.74) is 6.54. The molecule has 1 aliphatic rings. The van der Waals surface area contributed by atoms with E-state index in [4.69, 9.17) is 11.6 Å². The van der Waals surface area contributed by atoms with Crippen LogP contribution in [-0.4, -0.2) is 69.2 Å². The summed E-state index contributed by atoms with van der Waals surface area (Å²) in [5.74, 6) is 3.64. The molecule has 0 saturated carbocycles. The van der Waals surface area contributed by atoms with E-state index in [1.54, 1.807) is 0 Å². The normalized spacial score (nSPS) is 18.4. The third-order valence-electron chi connectivity index (χ3n) is 5.59. The van der Waals surface area contributed by atoms with Gasteiger partial charge >= 0.3 is 11.9 Å². The predicted octanol–water partition coefficient (Wildman–Crippen LogP) is 0.821. The fraction of sp³-hybridized carbons (Fsp3) is 0.571. The van der Waals surface area contributed by atoms with Crippen LogP contribution in [-0.2, 0) is 20.8 Å². The van der Waals surface area contributed by atoms with Crippen LogP contribution < -0.4 is 11.6 Å². The minimum atomic E-state index is -1.11. The number of aliphatic carboxylic acids is 2. The first kappa shape index (κ1) is 23.8. The van der Waals surface area contributed by atoms with Gasteiger partial charge in [0.2, 0.25) is 5.91 Å². The molecule has 0 aliphatic carbocycles. The zero-order chi connectivity index (χ0) is 22.1. The van der Waals surface area contributed by atoms with E-state index in [1.807, 2.05) is 30.3 Å². The number of rotatable bonds is 12. The SMILES string of the molecule is NCCCCC(C(=O)N1CCCC1C(=O)O)N(N)C(CCc1ccccc1)C(=O)O. The smallest absolute Gasteiger partial charge is 0.326 e. The van der Waals surface area contributed by atoms with Crippen LogP contribution in [0.3, 0.4) is 0 Å². The van der Waals surface area contributed by atoms with Crippen molar-refractivity contribution in [1.29, 1.82) is 0 Å². The van der Waals surface area contributed by atoms with Gasteiger partial charge < -0.3 is 20.8 Å². The topological polar surface area (TPSA) is 150 Å². The number of aryl methyl sites for hydroxylation is 1. The van der Waals surface area contributed by atoms with Gasteiger partial charge in [-0.15, -0.1) is 0 Å². The Bertz CT molecular complexity index is 715. The van der Waals surface area contributed by atoms with E-state index in [9.17, 15) is 24.6 Å². The Morgan fingerprint density at radius 3 is 2.40 bits per heavy atom. The highest BCUT2D eigenvalue weighted by molar-refractivity contribution is 5.88. The summed E-state index contributed by atoms with van der Waals surface area (Å²) in [6.07, 6.45) is 3.30.